The van der Waals surface area contributed by atoms with E-state index in [9.17, 15) is 0 Å². The maximum atomic E-state index is 3.70. The van der Waals surface area contributed by atoms with E-state index >= 15 is 0 Å². The quantitative estimate of drug-likeness (QED) is 0.435. The molecule has 0 aromatic heterocycles. The fourth-order valence-electron chi connectivity index (χ4n) is 0.272. The van der Waals surface area contributed by atoms with Gasteiger partial charge in [0.15, 0.2) is 0 Å². The zero-order valence-electron chi connectivity index (χ0n) is 6.89. The largest absolute Gasteiger partial charge is 0.332 e. The van der Waals surface area contributed by atoms with Gasteiger partial charge in [-0.1, -0.05) is 20.4 Å². The van der Waals surface area contributed by atoms with Gasteiger partial charge in [-0.25, -0.2) is 4.99 Å². The monoisotopic (exact) mass is 141 g/mol. The zero-order valence-corrected chi connectivity index (χ0v) is 6.89. The van der Waals surface area contributed by atoms with Crippen molar-refractivity contribution in [1.82, 2.24) is 5.32 Å². The molecule has 1 N–H and O–H groups in total. The number of guanidine groups is 1. The van der Waals surface area contributed by atoms with E-state index in [1.807, 2.05) is 13.8 Å². The van der Waals surface area contributed by atoms with Gasteiger partial charge in [-0.05, 0) is 12.9 Å². The van der Waals surface area contributed by atoms with Gasteiger partial charge < -0.3 is 5.32 Å². The molecule has 10 heavy (non-hydrogen) atoms. The Morgan fingerprint density at radius 1 is 1.50 bits per heavy atom. The molecule has 0 fully saturated rings. The minimum absolute atomic E-state index is 0.486. The molecular formula is C7H15N3. The fourth-order valence-corrected chi connectivity index (χ4v) is 0.272. The van der Waals surface area contributed by atoms with Gasteiger partial charge in [-0.2, -0.15) is 0 Å². The van der Waals surface area contributed by atoms with Crippen molar-refractivity contribution in [1.29, 1.82) is 0 Å². The van der Waals surface area contributed by atoms with Crippen molar-refractivity contribution in [3.8, 4) is 0 Å². The molecule has 0 saturated carbocycles. The van der Waals surface area contributed by atoms with E-state index in [1.54, 1.807) is 7.05 Å². The first-order chi connectivity index (χ1) is 4.85. The van der Waals surface area contributed by atoms with Gasteiger partial charge in [-0.15, -0.1) is 0 Å². The van der Waals surface area contributed by atoms with Crippen molar-refractivity contribution >= 4 is 12.7 Å². The van der Waals surface area contributed by atoms with Crippen molar-refractivity contribution in [2.75, 3.05) is 7.05 Å². The summed E-state index contributed by atoms with van der Waals surface area (Å²) in [5, 5.41) is 2.67. The summed E-state index contributed by atoms with van der Waals surface area (Å²) in [6, 6.07) is 0. The summed E-state index contributed by atoms with van der Waals surface area (Å²) in [6.07, 6.45) is 1.50. The maximum Gasteiger partial charge on any atom is 0.221 e. The van der Waals surface area contributed by atoms with Crippen LogP contribution in [-0.2, 0) is 0 Å². The van der Waals surface area contributed by atoms with Crippen LogP contribution >= 0.6 is 0 Å². The third-order valence-electron chi connectivity index (χ3n) is 0.593. The molecule has 0 aliphatic carbocycles. The van der Waals surface area contributed by atoms with Crippen molar-refractivity contribution in [3.63, 3.8) is 0 Å². The maximum absolute atomic E-state index is 3.70. The molecule has 0 aliphatic heterocycles. The summed E-state index contributed by atoms with van der Waals surface area (Å²) in [6.45, 7) is 10.7. The number of hydrogen-bond acceptors (Lipinski definition) is 1. The second-order valence-corrected chi connectivity index (χ2v) is 1.05. The smallest absolute Gasteiger partial charge is 0.221 e. The molecule has 0 unspecified atom stereocenters. The Kier molecular flexibility index (Phi) is 12.6. The number of nitrogens with one attached hydrogen (secondary N) is 1. The van der Waals surface area contributed by atoms with E-state index in [0.29, 0.717) is 5.96 Å². The molecule has 0 aliphatic rings. The third-order valence-corrected chi connectivity index (χ3v) is 0.593. The molecular weight excluding hydrogens is 126 g/mol. The van der Waals surface area contributed by atoms with Crippen LogP contribution in [0.3, 0.4) is 0 Å². The highest BCUT2D eigenvalue weighted by atomic mass is 15.1. The van der Waals surface area contributed by atoms with Crippen LogP contribution in [0.5, 0.6) is 0 Å². The van der Waals surface area contributed by atoms with Gasteiger partial charge in [0.05, 0.1) is 0 Å². The molecule has 0 bridgehead atoms. The van der Waals surface area contributed by atoms with Crippen LogP contribution in [0.4, 0.5) is 0 Å². The standard InChI is InChI=1S/C5H9N3.C2H6/c1-4-8-5(6-2)7-3;1-2/h4H,1-2H2,3H3,(H,7,8);1-2H3. The first kappa shape index (κ1) is 11.6. The van der Waals surface area contributed by atoms with E-state index < -0.39 is 0 Å². The Balaban J connectivity index is 0. The lowest BCUT2D eigenvalue weighted by Crippen LogP contribution is -2.12. The number of aliphatic imine (C=N–C) groups is 2. The Bertz CT molecular complexity index is 116. The molecule has 3 nitrogen and oxygen atoms in total. The van der Waals surface area contributed by atoms with Gasteiger partial charge >= 0.3 is 0 Å². The second kappa shape index (κ2) is 10.8. The number of hydrogen-bond donors (Lipinski definition) is 1. The molecule has 0 saturated heterocycles. The second-order valence-electron chi connectivity index (χ2n) is 1.05. The lowest BCUT2D eigenvalue weighted by atomic mass is 10.9. The predicted octanol–water partition coefficient (Wildman–Crippen LogP) is 1.43. The van der Waals surface area contributed by atoms with Crippen molar-refractivity contribution in [2.45, 2.75) is 13.8 Å². The summed E-state index contributed by atoms with van der Waals surface area (Å²) in [4.78, 5) is 7.22. The Morgan fingerprint density at radius 3 is 2.10 bits per heavy atom. The summed E-state index contributed by atoms with van der Waals surface area (Å²) in [5.74, 6) is 0.486. The molecule has 0 amide bonds. The average Bonchev–Trinajstić information content (AvgIpc) is 2.04. The average molecular weight is 141 g/mol. The first-order valence-electron chi connectivity index (χ1n) is 3.16. The number of nitrogens with zero attached hydrogens (tertiary/aromatic N) is 2. The topological polar surface area (TPSA) is 36.8 Å². The van der Waals surface area contributed by atoms with E-state index in [-0.39, 0.29) is 0 Å². The zero-order chi connectivity index (χ0) is 8.41. The Labute approximate surface area is 62.6 Å². The molecule has 0 aromatic carbocycles. The highest BCUT2D eigenvalue weighted by molar-refractivity contribution is 5.84. The van der Waals surface area contributed by atoms with Gasteiger partial charge in [-0.3, -0.25) is 4.99 Å². The molecule has 3 heteroatoms. The van der Waals surface area contributed by atoms with Gasteiger partial charge in [0.2, 0.25) is 5.96 Å². The van der Waals surface area contributed by atoms with Crippen molar-refractivity contribution in [2.24, 2.45) is 9.98 Å². The summed E-state index contributed by atoms with van der Waals surface area (Å²) in [5.41, 5.74) is 0. The van der Waals surface area contributed by atoms with Gasteiger partial charge in [0.25, 0.3) is 0 Å². The fraction of sp³-hybridized carbons (Fsp3) is 0.429. The highest BCUT2D eigenvalue weighted by Gasteiger charge is 1.80. The van der Waals surface area contributed by atoms with E-state index in [1.165, 1.54) is 6.20 Å². The summed E-state index contributed by atoms with van der Waals surface area (Å²) < 4.78 is 0. The normalized spacial score (nSPS) is 8.90. The first-order valence-corrected chi connectivity index (χ1v) is 3.16. The molecule has 0 radical (unpaired) electrons. The predicted molar refractivity (Wildman–Crippen MR) is 47.6 cm³/mol. The SMILES string of the molecule is C=CNC(N=C)=NC.CC. The lowest BCUT2D eigenvalue weighted by molar-refractivity contribution is 1.20. The minimum Gasteiger partial charge on any atom is -0.332 e. The molecule has 0 aromatic rings. The molecule has 0 heterocycles. The van der Waals surface area contributed by atoms with Crippen LogP contribution in [0.1, 0.15) is 13.8 Å². The van der Waals surface area contributed by atoms with Crippen LogP contribution in [0, 0.1) is 0 Å². The third kappa shape index (κ3) is 6.88. The molecule has 0 rings (SSSR count). The lowest BCUT2D eigenvalue weighted by Gasteiger charge is -1.92. The van der Waals surface area contributed by atoms with E-state index in [0.717, 1.165) is 0 Å². The van der Waals surface area contributed by atoms with Crippen molar-refractivity contribution < 1.29 is 0 Å². The Morgan fingerprint density at radius 2 is 2.00 bits per heavy atom. The summed E-state index contributed by atoms with van der Waals surface area (Å²) in [7, 11) is 1.63. The van der Waals surface area contributed by atoms with Crippen LogP contribution in [0.2, 0.25) is 0 Å². The van der Waals surface area contributed by atoms with Crippen LogP contribution in [-0.4, -0.2) is 19.7 Å². The van der Waals surface area contributed by atoms with E-state index in [4.69, 9.17) is 0 Å². The van der Waals surface area contributed by atoms with Crippen LogP contribution in [0.15, 0.2) is 22.8 Å². The van der Waals surface area contributed by atoms with Gasteiger partial charge in [0, 0.05) is 7.05 Å². The van der Waals surface area contributed by atoms with Gasteiger partial charge in [0.1, 0.15) is 0 Å². The number of rotatable bonds is 1. The summed E-state index contributed by atoms with van der Waals surface area (Å²) >= 11 is 0. The van der Waals surface area contributed by atoms with E-state index in [2.05, 4.69) is 28.6 Å². The minimum atomic E-state index is 0.486. The van der Waals surface area contributed by atoms with Crippen molar-refractivity contribution in [3.05, 3.63) is 12.8 Å². The Hall–Kier alpha value is -1.12. The van der Waals surface area contributed by atoms with Crippen LogP contribution < -0.4 is 5.32 Å². The highest BCUT2D eigenvalue weighted by Crippen LogP contribution is 1.69. The molecule has 0 atom stereocenters. The molecule has 0 spiro atoms. The van der Waals surface area contributed by atoms with Crippen LogP contribution in [0.25, 0.3) is 0 Å². The molecule has 58 valence electrons.